The van der Waals surface area contributed by atoms with E-state index in [1.165, 1.54) is 16.9 Å². The van der Waals surface area contributed by atoms with Crippen LogP contribution in [0.25, 0.3) is 0 Å². The molecule has 2 N–H and O–H groups in total. The molecule has 0 bridgehead atoms. The van der Waals surface area contributed by atoms with E-state index in [0.717, 1.165) is 68.7 Å². The Hall–Kier alpha value is -3.31. The van der Waals surface area contributed by atoms with Crippen molar-refractivity contribution in [2.75, 3.05) is 41.7 Å². The zero-order valence-electron chi connectivity index (χ0n) is 22.0. The molecule has 1 amide bonds. The molecule has 0 radical (unpaired) electrons. The lowest BCUT2D eigenvalue weighted by atomic mass is 9.94. The number of nitrogens with one attached hydrogen (secondary N) is 2. The molecule has 0 unspecified atom stereocenters. The molecule has 202 valence electrons. The van der Waals surface area contributed by atoms with Crippen LogP contribution >= 0.6 is 11.3 Å². The standard InChI is InChI=1S/C27H36N8O2S/c1-19(2)37-23-9-4-3-8-21(23)17-34-13-6-7-20(16-34)15-25(36)30-27-33-32-26(38-27)29-22-11-14-35(18-22)24-10-5-12-28-31-24/h3-5,8-10,12,19-20,22H,6-7,11,13-18H2,1-2H3,(H,29,32)(H,30,33,36)/t20-,22-/m1/s1. The molecule has 0 saturated carbocycles. The van der Waals surface area contributed by atoms with Gasteiger partial charge in [-0.3, -0.25) is 9.69 Å². The minimum absolute atomic E-state index is 0.00205. The van der Waals surface area contributed by atoms with Gasteiger partial charge in [0.15, 0.2) is 5.82 Å². The molecule has 10 nitrogen and oxygen atoms in total. The maximum Gasteiger partial charge on any atom is 0.226 e. The Balaban J connectivity index is 1.08. The van der Waals surface area contributed by atoms with Crippen molar-refractivity contribution in [2.24, 2.45) is 5.92 Å². The van der Waals surface area contributed by atoms with Crippen molar-refractivity contribution in [1.29, 1.82) is 0 Å². The second-order valence-corrected chi connectivity index (χ2v) is 11.3. The minimum atomic E-state index is -0.00205. The van der Waals surface area contributed by atoms with Gasteiger partial charge in [0.1, 0.15) is 5.75 Å². The number of hydrogen-bond acceptors (Lipinski definition) is 10. The lowest BCUT2D eigenvalue weighted by Gasteiger charge is -2.33. The molecule has 2 atom stereocenters. The van der Waals surface area contributed by atoms with E-state index in [-0.39, 0.29) is 18.1 Å². The monoisotopic (exact) mass is 536 g/mol. The predicted octanol–water partition coefficient (Wildman–Crippen LogP) is 4.05. The quantitative estimate of drug-likeness (QED) is 0.397. The first-order valence-electron chi connectivity index (χ1n) is 13.4. The van der Waals surface area contributed by atoms with Gasteiger partial charge < -0.3 is 20.3 Å². The molecule has 2 aliphatic heterocycles. The first-order chi connectivity index (χ1) is 18.5. The maximum absolute atomic E-state index is 12.8. The highest BCUT2D eigenvalue weighted by molar-refractivity contribution is 7.19. The van der Waals surface area contributed by atoms with Gasteiger partial charge in [0, 0.05) is 50.4 Å². The molecule has 1 aromatic carbocycles. The van der Waals surface area contributed by atoms with E-state index in [0.29, 0.717) is 17.5 Å². The zero-order chi connectivity index (χ0) is 26.3. The summed E-state index contributed by atoms with van der Waals surface area (Å²) in [7, 11) is 0. The zero-order valence-corrected chi connectivity index (χ0v) is 22.9. The van der Waals surface area contributed by atoms with Crippen molar-refractivity contribution in [3.8, 4) is 5.75 Å². The molecule has 11 heteroatoms. The van der Waals surface area contributed by atoms with E-state index in [2.05, 4.69) is 53.0 Å². The van der Waals surface area contributed by atoms with Crippen LogP contribution in [0.1, 0.15) is 45.1 Å². The molecule has 2 fully saturated rings. The van der Waals surface area contributed by atoms with Gasteiger partial charge >= 0.3 is 0 Å². The van der Waals surface area contributed by atoms with E-state index in [9.17, 15) is 4.79 Å². The number of ether oxygens (including phenoxy) is 1. The van der Waals surface area contributed by atoms with E-state index < -0.39 is 0 Å². The third-order valence-electron chi connectivity index (χ3n) is 6.88. The largest absolute Gasteiger partial charge is 0.491 e. The van der Waals surface area contributed by atoms with Crippen LogP contribution in [0, 0.1) is 5.92 Å². The summed E-state index contributed by atoms with van der Waals surface area (Å²) in [5.74, 6) is 2.15. The van der Waals surface area contributed by atoms with Gasteiger partial charge in [-0.25, -0.2) is 0 Å². The van der Waals surface area contributed by atoms with Crippen molar-refractivity contribution in [1.82, 2.24) is 25.3 Å². The van der Waals surface area contributed by atoms with Crippen molar-refractivity contribution in [3.63, 3.8) is 0 Å². The fourth-order valence-corrected chi connectivity index (χ4v) is 5.93. The van der Waals surface area contributed by atoms with Crippen LogP contribution in [0.2, 0.25) is 0 Å². The normalized spacial score (nSPS) is 20.0. The number of hydrogen-bond donors (Lipinski definition) is 2. The van der Waals surface area contributed by atoms with Gasteiger partial charge in [-0.15, -0.1) is 15.3 Å². The number of likely N-dealkylation sites (tertiary alicyclic amines) is 1. The van der Waals surface area contributed by atoms with Gasteiger partial charge in [0.25, 0.3) is 0 Å². The van der Waals surface area contributed by atoms with Crippen LogP contribution in [0.3, 0.4) is 0 Å². The fourth-order valence-electron chi connectivity index (χ4n) is 5.19. The smallest absolute Gasteiger partial charge is 0.226 e. The highest BCUT2D eigenvalue weighted by atomic mass is 32.1. The van der Waals surface area contributed by atoms with E-state index in [1.807, 2.05) is 38.1 Å². The summed E-state index contributed by atoms with van der Waals surface area (Å²) in [6.45, 7) is 8.60. The number of aromatic nitrogens is 4. The summed E-state index contributed by atoms with van der Waals surface area (Å²) in [6.07, 6.45) is 5.43. The van der Waals surface area contributed by atoms with Crippen molar-refractivity contribution >= 4 is 33.3 Å². The molecule has 38 heavy (non-hydrogen) atoms. The molecule has 2 aliphatic rings. The number of carbonyl (C=O) groups is 1. The molecule has 2 saturated heterocycles. The summed E-state index contributed by atoms with van der Waals surface area (Å²) in [6, 6.07) is 12.4. The second kappa shape index (κ2) is 12.5. The number of piperidine rings is 1. The molecule has 0 spiro atoms. The Labute approximate surface area is 227 Å². The third kappa shape index (κ3) is 7.16. The summed E-state index contributed by atoms with van der Waals surface area (Å²) in [5, 5.41) is 24.3. The summed E-state index contributed by atoms with van der Waals surface area (Å²) in [5.41, 5.74) is 1.20. The van der Waals surface area contributed by atoms with Crippen LogP contribution < -0.4 is 20.3 Å². The Morgan fingerprint density at radius 1 is 1.08 bits per heavy atom. The van der Waals surface area contributed by atoms with Gasteiger partial charge in [0.05, 0.1) is 6.10 Å². The molecule has 2 aromatic heterocycles. The van der Waals surface area contributed by atoms with Crippen LogP contribution in [0.15, 0.2) is 42.6 Å². The van der Waals surface area contributed by atoms with Gasteiger partial charge in [-0.2, -0.15) is 5.10 Å². The average Bonchev–Trinajstić information content (AvgIpc) is 3.55. The minimum Gasteiger partial charge on any atom is -0.491 e. The molecule has 5 rings (SSSR count). The number of nitrogens with zero attached hydrogens (tertiary/aromatic N) is 6. The summed E-state index contributed by atoms with van der Waals surface area (Å²) >= 11 is 1.38. The Bertz CT molecular complexity index is 1190. The third-order valence-corrected chi connectivity index (χ3v) is 7.65. The summed E-state index contributed by atoms with van der Waals surface area (Å²) in [4.78, 5) is 17.5. The number of rotatable bonds is 10. The molecule has 0 aliphatic carbocycles. The van der Waals surface area contributed by atoms with Gasteiger partial charge in [-0.1, -0.05) is 29.5 Å². The van der Waals surface area contributed by atoms with E-state index >= 15 is 0 Å². The topological polar surface area (TPSA) is 108 Å². The van der Waals surface area contributed by atoms with Crippen LogP contribution in [-0.4, -0.2) is 69.5 Å². The molecule has 4 heterocycles. The van der Waals surface area contributed by atoms with Crippen LogP contribution in [-0.2, 0) is 11.3 Å². The lowest BCUT2D eigenvalue weighted by Crippen LogP contribution is -2.36. The molecular formula is C27H36N8O2S. The van der Waals surface area contributed by atoms with Crippen molar-refractivity contribution < 1.29 is 9.53 Å². The average molecular weight is 537 g/mol. The molecule has 3 aromatic rings. The lowest BCUT2D eigenvalue weighted by molar-refractivity contribution is -0.117. The van der Waals surface area contributed by atoms with Gasteiger partial charge in [0.2, 0.25) is 16.2 Å². The first-order valence-corrected chi connectivity index (χ1v) is 14.2. The Morgan fingerprint density at radius 2 is 1.95 bits per heavy atom. The highest BCUT2D eigenvalue weighted by Gasteiger charge is 2.26. The van der Waals surface area contributed by atoms with E-state index in [1.54, 1.807) is 6.20 Å². The number of amides is 1. The predicted molar refractivity (Wildman–Crippen MR) is 150 cm³/mol. The highest BCUT2D eigenvalue weighted by Crippen LogP contribution is 2.27. The number of para-hydroxylation sites is 1. The first kappa shape index (κ1) is 26.3. The second-order valence-electron chi connectivity index (χ2n) is 10.3. The van der Waals surface area contributed by atoms with Gasteiger partial charge in [-0.05, 0) is 63.8 Å². The van der Waals surface area contributed by atoms with Crippen LogP contribution in [0.4, 0.5) is 16.1 Å². The van der Waals surface area contributed by atoms with Crippen molar-refractivity contribution in [3.05, 3.63) is 48.2 Å². The summed E-state index contributed by atoms with van der Waals surface area (Å²) < 4.78 is 6.00. The SMILES string of the molecule is CC(C)Oc1ccccc1CN1CCC[C@H](CC(=O)Nc2nnc(N[C@@H]3CCN(c4cccnn4)C3)s2)C1. The number of anilines is 3. The van der Waals surface area contributed by atoms with Crippen LogP contribution in [0.5, 0.6) is 5.75 Å². The van der Waals surface area contributed by atoms with Crippen molar-refractivity contribution in [2.45, 2.75) is 58.2 Å². The Morgan fingerprint density at radius 3 is 2.79 bits per heavy atom. The molecular weight excluding hydrogens is 500 g/mol. The fraction of sp³-hybridized carbons (Fsp3) is 0.519. The maximum atomic E-state index is 12.8. The van der Waals surface area contributed by atoms with E-state index in [4.69, 9.17) is 4.74 Å². The Kier molecular flexibility index (Phi) is 8.65. The number of carbonyl (C=O) groups excluding carboxylic acids is 1. The number of benzene rings is 1.